The molecule has 1 N–H and O–H groups in total. The van der Waals surface area contributed by atoms with Crippen LogP contribution in [0.1, 0.15) is 24.5 Å². The molecule has 0 aromatic heterocycles. The Hall–Kier alpha value is -0.870. The maximum atomic E-state index is 11.5. The zero-order chi connectivity index (χ0) is 11.5. The van der Waals surface area contributed by atoms with Crippen molar-refractivity contribution >= 4 is 21.9 Å². The zero-order valence-electron chi connectivity index (χ0n) is 8.73. The fourth-order valence-electron chi connectivity index (χ4n) is 1.88. The number of rotatable bonds is 2. The van der Waals surface area contributed by atoms with Crippen molar-refractivity contribution < 1.29 is 14.6 Å². The quantitative estimate of drug-likeness (QED) is 0.849. The van der Waals surface area contributed by atoms with Crippen molar-refractivity contribution in [2.24, 2.45) is 5.92 Å². The van der Waals surface area contributed by atoms with Gasteiger partial charge in [-0.15, -0.1) is 0 Å². The largest absolute Gasteiger partial charge is 0.465 e. The van der Waals surface area contributed by atoms with Crippen molar-refractivity contribution in [1.29, 1.82) is 0 Å². The molecule has 1 saturated heterocycles. The first-order valence-corrected chi connectivity index (χ1v) is 6.08. The summed E-state index contributed by atoms with van der Waals surface area (Å²) >= 11 is 3.33. The Labute approximate surface area is 103 Å². The fourth-order valence-corrected chi connectivity index (χ4v) is 2.14. The molecule has 16 heavy (non-hydrogen) atoms. The first-order valence-electron chi connectivity index (χ1n) is 5.28. The van der Waals surface area contributed by atoms with Crippen LogP contribution in [-0.4, -0.2) is 17.7 Å². The number of hydrogen-bond acceptors (Lipinski definition) is 3. The number of benzene rings is 1. The molecule has 0 unspecified atom stereocenters. The van der Waals surface area contributed by atoms with Crippen LogP contribution in [-0.2, 0) is 9.53 Å². The van der Waals surface area contributed by atoms with E-state index in [1.807, 2.05) is 24.3 Å². The summed E-state index contributed by atoms with van der Waals surface area (Å²) < 4.78 is 5.90. The molecule has 86 valence electrons. The maximum Gasteiger partial charge on any atom is 0.311 e. The van der Waals surface area contributed by atoms with Crippen molar-refractivity contribution in [3.63, 3.8) is 0 Å². The molecule has 0 aliphatic carbocycles. The molecular weight excluding hydrogens is 272 g/mol. The number of carbonyl (C=O) groups excluding carboxylic acids is 1. The van der Waals surface area contributed by atoms with E-state index in [9.17, 15) is 9.90 Å². The summed E-state index contributed by atoms with van der Waals surface area (Å²) in [7, 11) is 0. The molecule has 0 bridgehead atoms. The zero-order valence-corrected chi connectivity index (χ0v) is 10.3. The summed E-state index contributed by atoms with van der Waals surface area (Å²) in [5.74, 6) is -0.711. The highest BCUT2D eigenvalue weighted by Crippen LogP contribution is 2.30. The van der Waals surface area contributed by atoms with Gasteiger partial charge in [0.05, 0.1) is 18.6 Å². The lowest BCUT2D eigenvalue weighted by atomic mass is 9.90. The van der Waals surface area contributed by atoms with Crippen LogP contribution in [0.3, 0.4) is 0 Å². The Kier molecular flexibility index (Phi) is 3.61. The highest BCUT2D eigenvalue weighted by atomic mass is 79.9. The number of aliphatic hydroxyl groups excluding tert-OH is 1. The third kappa shape index (κ3) is 2.44. The second kappa shape index (κ2) is 4.97. The molecule has 0 amide bonds. The van der Waals surface area contributed by atoms with Crippen LogP contribution in [0.25, 0.3) is 0 Å². The van der Waals surface area contributed by atoms with Gasteiger partial charge in [0.15, 0.2) is 0 Å². The summed E-state index contributed by atoms with van der Waals surface area (Å²) in [6, 6.07) is 7.34. The van der Waals surface area contributed by atoms with E-state index in [-0.39, 0.29) is 5.97 Å². The van der Waals surface area contributed by atoms with E-state index in [1.165, 1.54) is 0 Å². The van der Waals surface area contributed by atoms with E-state index in [0.717, 1.165) is 16.5 Å². The predicted octanol–water partition coefficient (Wildman–Crippen LogP) is 2.44. The summed E-state index contributed by atoms with van der Waals surface area (Å²) in [4.78, 5) is 11.5. The fraction of sp³-hybridized carbons (Fsp3) is 0.417. The molecule has 1 aliphatic rings. The molecule has 1 aromatic rings. The van der Waals surface area contributed by atoms with Crippen LogP contribution in [0.2, 0.25) is 0 Å². The highest BCUT2D eigenvalue weighted by molar-refractivity contribution is 9.10. The molecule has 2 rings (SSSR count). The molecule has 0 saturated carbocycles. The van der Waals surface area contributed by atoms with Crippen LogP contribution in [0.15, 0.2) is 28.7 Å². The molecule has 1 heterocycles. The topological polar surface area (TPSA) is 46.5 Å². The molecule has 0 radical (unpaired) electrons. The predicted molar refractivity (Wildman–Crippen MR) is 62.8 cm³/mol. The second-order valence-corrected chi connectivity index (χ2v) is 4.83. The molecule has 0 spiro atoms. The Bertz CT molecular complexity index is 374. The Balaban J connectivity index is 2.14. The molecule has 4 heteroatoms. The molecule has 2 atom stereocenters. The van der Waals surface area contributed by atoms with Gasteiger partial charge in [0.1, 0.15) is 0 Å². The number of carbonyl (C=O) groups is 1. The van der Waals surface area contributed by atoms with Crippen molar-refractivity contribution in [2.45, 2.75) is 18.9 Å². The van der Waals surface area contributed by atoms with Gasteiger partial charge < -0.3 is 9.84 Å². The van der Waals surface area contributed by atoms with Crippen LogP contribution < -0.4 is 0 Å². The van der Waals surface area contributed by atoms with Crippen LogP contribution in [0, 0.1) is 5.92 Å². The van der Waals surface area contributed by atoms with Crippen molar-refractivity contribution in [3.8, 4) is 0 Å². The van der Waals surface area contributed by atoms with E-state index in [0.29, 0.717) is 13.0 Å². The first-order chi connectivity index (χ1) is 7.68. The van der Waals surface area contributed by atoms with Crippen molar-refractivity contribution in [2.75, 3.05) is 6.61 Å². The normalized spacial score (nSPS) is 22.6. The summed E-state index contributed by atoms with van der Waals surface area (Å²) in [5.41, 5.74) is 0.757. The number of halogens is 1. The molecule has 1 aromatic carbocycles. The Morgan fingerprint density at radius 3 is 2.69 bits per heavy atom. The minimum Gasteiger partial charge on any atom is -0.465 e. The van der Waals surface area contributed by atoms with Gasteiger partial charge in [-0.2, -0.15) is 0 Å². The monoisotopic (exact) mass is 284 g/mol. The van der Waals surface area contributed by atoms with Crippen LogP contribution in [0.5, 0.6) is 0 Å². The van der Waals surface area contributed by atoms with Crippen LogP contribution >= 0.6 is 15.9 Å². The number of cyclic esters (lactones) is 1. The molecule has 1 fully saturated rings. The van der Waals surface area contributed by atoms with Gasteiger partial charge in [0.25, 0.3) is 0 Å². The van der Waals surface area contributed by atoms with Crippen molar-refractivity contribution in [3.05, 3.63) is 34.3 Å². The third-order valence-corrected chi connectivity index (χ3v) is 3.33. The number of hydrogen-bond donors (Lipinski definition) is 1. The minimum atomic E-state index is -0.763. The summed E-state index contributed by atoms with van der Waals surface area (Å²) in [6.07, 6.45) is 0.751. The van der Waals surface area contributed by atoms with Gasteiger partial charge in [-0.3, -0.25) is 4.79 Å². The lowest BCUT2D eigenvalue weighted by Crippen LogP contribution is -2.29. The van der Waals surface area contributed by atoms with Gasteiger partial charge >= 0.3 is 5.97 Å². The number of esters is 1. The lowest BCUT2D eigenvalue weighted by Gasteiger charge is -2.25. The average Bonchev–Trinajstić information content (AvgIpc) is 2.30. The van der Waals surface area contributed by atoms with Gasteiger partial charge in [0.2, 0.25) is 0 Å². The summed E-state index contributed by atoms with van der Waals surface area (Å²) in [5, 5.41) is 10.1. The minimum absolute atomic E-state index is 0.290. The van der Waals surface area contributed by atoms with E-state index in [1.54, 1.807) is 0 Å². The highest BCUT2D eigenvalue weighted by Gasteiger charge is 2.31. The SMILES string of the molecule is O=C1OCCC[C@H]1[C@@H](O)c1ccc(Br)cc1. The van der Waals surface area contributed by atoms with E-state index in [4.69, 9.17) is 4.74 Å². The van der Waals surface area contributed by atoms with Gasteiger partial charge in [-0.1, -0.05) is 28.1 Å². The van der Waals surface area contributed by atoms with Crippen molar-refractivity contribution in [1.82, 2.24) is 0 Å². The maximum absolute atomic E-state index is 11.5. The first kappa shape index (κ1) is 11.6. The van der Waals surface area contributed by atoms with E-state index >= 15 is 0 Å². The summed E-state index contributed by atoms with van der Waals surface area (Å²) in [6.45, 7) is 0.475. The van der Waals surface area contributed by atoms with Crippen LogP contribution in [0.4, 0.5) is 0 Å². The number of aliphatic hydroxyl groups is 1. The lowest BCUT2D eigenvalue weighted by molar-refractivity contribution is -0.158. The smallest absolute Gasteiger partial charge is 0.311 e. The van der Waals surface area contributed by atoms with Gasteiger partial charge in [-0.25, -0.2) is 0 Å². The Morgan fingerprint density at radius 1 is 1.38 bits per heavy atom. The Morgan fingerprint density at radius 2 is 2.06 bits per heavy atom. The third-order valence-electron chi connectivity index (χ3n) is 2.80. The van der Waals surface area contributed by atoms with Gasteiger partial charge in [0, 0.05) is 4.47 Å². The molecule has 1 aliphatic heterocycles. The van der Waals surface area contributed by atoms with E-state index < -0.39 is 12.0 Å². The average molecular weight is 285 g/mol. The molecule has 3 nitrogen and oxygen atoms in total. The second-order valence-electron chi connectivity index (χ2n) is 3.91. The van der Waals surface area contributed by atoms with E-state index in [2.05, 4.69) is 15.9 Å². The standard InChI is InChI=1S/C12H13BrO3/c13-9-5-3-8(4-6-9)11(14)10-2-1-7-16-12(10)15/h3-6,10-11,14H,1-2,7H2/t10-,11-/m0/s1. The van der Waals surface area contributed by atoms with Gasteiger partial charge in [-0.05, 0) is 30.5 Å². The molecular formula is C12H13BrO3. The number of ether oxygens (including phenoxy) is 1.